The molecule has 1 saturated carbocycles. The second-order valence-corrected chi connectivity index (χ2v) is 8.71. The van der Waals surface area contributed by atoms with E-state index in [0.717, 1.165) is 50.2 Å². The summed E-state index contributed by atoms with van der Waals surface area (Å²) in [4.78, 5) is 31.5. The lowest BCUT2D eigenvalue weighted by Gasteiger charge is -2.38. The zero-order chi connectivity index (χ0) is 20.6. The summed E-state index contributed by atoms with van der Waals surface area (Å²) in [6, 6.07) is 7.82. The average Bonchev–Trinajstić information content (AvgIpc) is 2.94. The number of hydrogen-bond donors (Lipinski definition) is 1. The van der Waals surface area contributed by atoms with E-state index >= 15 is 0 Å². The number of imide groups is 1. The van der Waals surface area contributed by atoms with E-state index in [4.69, 9.17) is 4.74 Å². The number of carbonyl (C=O) groups is 2. The topological polar surface area (TPSA) is 65.1 Å². The molecule has 3 atom stereocenters. The van der Waals surface area contributed by atoms with Gasteiger partial charge in [-0.25, -0.2) is 9.69 Å². The van der Waals surface area contributed by atoms with Crippen LogP contribution in [0.4, 0.5) is 10.5 Å². The van der Waals surface area contributed by atoms with Crippen LogP contribution in [0, 0.1) is 5.92 Å². The quantitative estimate of drug-likeness (QED) is 0.770. The fraction of sp³-hybridized carbons (Fsp3) is 0.636. The van der Waals surface area contributed by atoms with Crippen LogP contribution in [0.5, 0.6) is 5.75 Å². The van der Waals surface area contributed by atoms with Crippen molar-refractivity contribution in [2.24, 2.45) is 5.92 Å². The maximum absolute atomic E-state index is 13.2. The predicted octanol–water partition coefficient (Wildman–Crippen LogP) is 2.66. The number of anilines is 1. The number of nitrogens with zero attached hydrogens (tertiary/aromatic N) is 3. The lowest BCUT2D eigenvalue weighted by molar-refractivity contribution is -0.135. The number of nitrogens with one attached hydrogen (secondary N) is 1. The number of para-hydroxylation sites is 2. The number of likely N-dealkylation sites (N-methyl/N-ethyl adjacent to an activating group) is 2. The molecule has 3 aliphatic rings. The minimum Gasteiger partial charge on any atom is -0.485 e. The number of amides is 3. The Labute approximate surface area is 173 Å². The third-order valence-electron chi connectivity index (χ3n) is 6.70. The minimum atomic E-state index is -0.699. The van der Waals surface area contributed by atoms with Gasteiger partial charge in [0.1, 0.15) is 17.4 Å². The summed E-state index contributed by atoms with van der Waals surface area (Å²) in [6.07, 6.45) is 3.83. The van der Waals surface area contributed by atoms with E-state index in [0.29, 0.717) is 6.54 Å². The normalized spacial score (nSPS) is 29.2. The molecule has 3 amide bonds. The molecule has 4 rings (SSSR count). The molecule has 2 fully saturated rings. The Balaban J connectivity index is 1.41. The molecule has 1 aromatic rings. The number of rotatable bonds is 5. The summed E-state index contributed by atoms with van der Waals surface area (Å²) in [7, 11) is 1.94. The Morgan fingerprint density at radius 3 is 2.83 bits per heavy atom. The van der Waals surface area contributed by atoms with Crippen LogP contribution in [-0.4, -0.2) is 66.7 Å². The highest BCUT2D eigenvalue weighted by molar-refractivity contribution is 6.07. The van der Waals surface area contributed by atoms with Crippen molar-refractivity contribution in [3.05, 3.63) is 24.3 Å². The Morgan fingerprint density at radius 1 is 1.28 bits per heavy atom. The van der Waals surface area contributed by atoms with Gasteiger partial charge < -0.3 is 15.0 Å². The largest absolute Gasteiger partial charge is 0.485 e. The second-order valence-electron chi connectivity index (χ2n) is 8.71. The van der Waals surface area contributed by atoms with Gasteiger partial charge in [0.25, 0.3) is 5.91 Å². The van der Waals surface area contributed by atoms with E-state index in [1.165, 1.54) is 4.90 Å². The third kappa shape index (κ3) is 3.56. The van der Waals surface area contributed by atoms with Crippen molar-refractivity contribution in [2.75, 3.05) is 38.3 Å². The molecule has 158 valence electrons. The van der Waals surface area contributed by atoms with Gasteiger partial charge in [-0.3, -0.25) is 9.69 Å². The molecule has 1 spiro atoms. The van der Waals surface area contributed by atoms with E-state index in [2.05, 4.69) is 30.1 Å². The summed E-state index contributed by atoms with van der Waals surface area (Å²) >= 11 is 0. The Morgan fingerprint density at radius 2 is 2.07 bits per heavy atom. The first-order valence-electron chi connectivity index (χ1n) is 10.8. The molecule has 1 aliphatic carbocycles. The molecule has 0 aromatic heterocycles. The van der Waals surface area contributed by atoms with E-state index in [9.17, 15) is 9.59 Å². The molecular weight excluding hydrogens is 368 g/mol. The summed E-state index contributed by atoms with van der Waals surface area (Å²) in [5.41, 5.74) is 0.423. The van der Waals surface area contributed by atoms with Crippen molar-refractivity contribution in [1.29, 1.82) is 0 Å². The van der Waals surface area contributed by atoms with Gasteiger partial charge in [-0.1, -0.05) is 31.9 Å². The first-order chi connectivity index (χ1) is 13.9. The maximum Gasteiger partial charge on any atom is 0.326 e. The van der Waals surface area contributed by atoms with E-state index in [-0.39, 0.29) is 30.6 Å². The summed E-state index contributed by atoms with van der Waals surface area (Å²) < 4.78 is 6.19. The molecule has 2 heterocycles. The van der Waals surface area contributed by atoms with Crippen LogP contribution in [0.25, 0.3) is 0 Å². The van der Waals surface area contributed by atoms with Gasteiger partial charge in [0.2, 0.25) is 0 Å². The Hall–Kier alpha value is -2.28. The zero-order valence-corrected chi connectivity index (χ0v) is 17.7. The molecule has 1 saturated heterocycles. The standard InChI is InChI=1S/C22H32N4O3/c1-4-25-14-17(29-19-11-6-5-10-18(19)25)13-24(3)15-26-20(27)22(23-21(26)28)12-8-7-9-16(22)2/h5-6,10-11,16-17H,4,7-9,12-15H2,1-3H3,(H,23,28)/t16-,17+,22+/m1/s1. The highest BCUT2D eigenvalue weighted by atomic mass is 16.5. The number of benzene rings is 1. The molecule has 1 aromatic carbocycles. The fourth-order valence-corrected chi connectivity index (χ4v) is 5.04. The van der Waals surface area contributed by atoms with Gasteiger partial charge in [0, 0.05) is 13.1 Å². The van der Waals surface area contributed by atoms with Crippen molar-refractivity contribution in [3.63, 3.8) is 0 Å². The molecule has 0 radical (unpaired) electrons. The second kappa shape index (κ2) is 7.86. The fourth-order valence-electron chi connectivity index (χ4n) is 5.04. The summed E-state index contributed by atoms with van der Waals surface area (Å²) in [6.45, 7) is 6.85. The third-order valence-corrected chi connectivity index (χ3v) is 6.70. The monoisotopic (exact) mass is 400 g/mol. The van der Waals surface area contributed by atoms with E-state index < -0.39 is 5.54 Å². The van der Waals surface area contributed by atoms with Crippen molar-refractivity contribution in [2.45, 2.75) is 51.2 Å². The SMILES string of the molecule is CCN1C[C@H](CN(C)CN2C(=O)N[C@]3(CCCC[C@H]3C)C2=O)Oc2ccccc21. The van der Waals surface area contributed by atoms with Gasteiger partial charge >= 0.3 is 6.03 Å². The predicted molar refractivity (Wildman–Crippen MR) is 112 cm³/mol. The van der Waals surface area contributed by atoms with E-state index in [1.54, 1.807) is 0 Å². The molecule has 29 heavy (non-hydrogen) atoms. The molecule has 0 bridgehead atoms. The van der Waals surface area contributed by atoms with Crippen molar-refractivity contribution in [3.8, 4) is 5.75 Å². The zero-order valence-electron chi connectivity index (χ0n) is 17.7. The van der Waals surface area contributed by atoms with Crippen LogP contribution in [0.3, 0.4) is 0 Å². The summed E-state index contributed by atoms with van der Waals surface area (Å²) in [5, 5.41) is 3.03. The minimum absolute atomic E-state index is 0.0156. The summed E-state index contributed by atoms with van der Waals surface area (Å²) in [5.74, 6) is 1.01. The first-order valence-corrected chi connectivity index (χ1v) is 10.8. The van der Waals surface area contributed by atoms with Crippen LogP contribution in [0.15, 0.2) is 24.3 Å². The van der Waals surface area contributed by atoms with Gasteiger partial charge in [-0.05, 0) is 44.9 Å². The molecule has 7 nitrogen and oxygen atoms in total. The number of hydrogen-bond acceptors (Lipinski definition) is 5. The first kappa shape index (κ1) is 20.0. The van der Waals surface area contributed by atoms with Gasteiger partial charge in [-0.2, -0.15) is 0 Å². The molecular formula is C22H32N4O3. The highest BCUT2D eigenvalue weighted by Gasteiger charge is 2.54. The highest BCUT2D eigenvalue weighted by Crippen LogP contribution is 2.38. The van der Waals surface area contributed by atoms with Crippen molar-refractivity contribution >= 4 is 17.6 Å². The van der Waals surface area contributed by atoms with Gasteiger partial charge in [-0.15, -0.1) is 0 Å². The van der Waals surface area contributed by atoms with Crippen molar-refractivity contribution in [1.82, 2.24) is 15.1 Å². The van der Waals surface area contributed by atoms with Crippen LogP contribution >= 0.6 is 0 Å². The van der Waals surface area contributed by atoms with E-state index in [1.807, 2.05) is 30.1 Å². The van der Waals surface area contributed by atoms with Crippen LogP contribution in [0.2, 0.25) is 0 Å². The smallest absolute Gasteiger partial charge is 0.326 e. The van der Waals surface area contributed by atoms with Crippen LogP contribution in [0.1, 0.15) is 39.5 Å². The Kier molecular flexibility index (Phi) is 5.42. The lowest BCUT2D eigenvalue weighted by Crippen LogP contribution is -2.54. The molecule has 1 N–H and O–H groups in total. The lowest BCUT2D eigenvalue weighted by atomic mass is 9.73. The van der Waals surface area contributed by atoms with Crippen LogP contribution < -0.4 is 15.0 Å². The van der Waals surface area contributed by atoms with Gasteiger partial charge in [0.05, 0.1) is 18.9 Å². The number of fused-ring (bicyclic) bond motifs is 1. The average molecular weight is 401 g/mol. The molecule has 0 unspecified atom stereocenters. The number of urea groups is 1. The number of ether oxygens (including phenoxy) is 1. The van der Waals surface area contributed by atoms with Gasteiger partial charge in [0.15, 0.2) is 0 Å². The van der Waals surface area contributed by atoms with Crippen molar-refractivity contribution < 1.29 is 14.3 Å². The molecule has 2 aliphatic heterocycles. The molecule has 7 heteroatoms. The van der Waals surface area contributed by atoms with Crippen LogP contribution in [-0.2, 0) is 4.79 Å². The Bertz CT molecular complexity index is 785. The number of carbonyl (C=O) groups excluding carboxylic acids is 2. The maximum atomic E-state index is 13.2.